The molecule has 0 saturated carbocycles. The van der Waals surface area contributed by atoms with Crippen molar-refractivity contribution in [2.24, 2.45) is 0 Å². The van der Waals surface area contributed by atoms with E-state index in [-0.39, 0.29) is 16.9 Å². The van der Waals surface area contributed by atoms with Crippen molar-refractivity contribution in [1.82, 2.24) is 20.2 Å². The lowest BCUT2D eigenvalue weighted by Gasteiger charge is -2.13. The number of nitrogens with one attached hydrogen (secondary N) is 1. The number of amides is 1. The molecule has 1 atom stereocenters. The summed E-state index contributed by atoms with van der Waals surface area (Å²) in [4.78, 5) is 21.5. The second-order valence-electron chi connectivity index (χ2n) is 7.09. The molecule has 11 heteroatoms. The van der Waals surface area contributed by atoms with Crippen molar-refractivity contribution in [3.05, 3.63) is 76.8 Å². The Morgan fingerprint density at radius 2 is 1.97 bits per heavy atom. The number of nitrogens with zero attached hydrogens (tertiary/aromatic N) is 4. The number of aliphatic hydroxyl groups is 1. The molecule has 0 radical (unpaired) electrons. The average Bonchev–Trinajstić information content (AvgIpc) is 3.29. The van der Waals surface area contributed by atoms with Gasteiger partial charge in [-0.2, -0.15) is 0 Å². The Labute approximate surface area is 204 Å². The molecule has 3 heterocycles. The molecule has 2 N–H and O–H groups in total. The van der Waals surface area contributed by atoms with Crippen LogP contribution in [0.2, 0.25) is 5.02 Å². The van der Waals surface area contributed by atoms with E-state index in [9.17, 15) is 9.90 Å². The van der Waals surface area contributed by atoms with Gasteiger partial charge in [0.2, 0.25) is 5.13 Å². The van der Waals surface area contributed by atoms with Gasteiger partial charge in [0.25, 0.3) is 11.1 Å². The van der Waals surface area contributed by atoms with Gasteiger partial charge in [0.05, 0.1) is 30.0 Å². The largest absolute Gasteiger partial charge is 0.496 e. The van der Waals surface area contributed by atoms with Gasteiger partial charge in [-0.15, -0.1) is 5.10 Å². The normalized spacial score (nSPS) is 11.6. The number of aromatic nitrogens is 4. The summed E-state index contributed by atoms with van der Waals surface area (Å²) in [5.41, 5.74) is 3.04. The molecular weight excluding hydrogens is 478 g/mol. The summed E-state index contributed by atoms with van der Waals surface area (Å²) in [5, 5.41) is 21.2. The van der Waals surface area contributed by atoms with Crippen LogP contribution in [-0.4, -0.2) is 44.9 Å². The van der Waals surface area contributed by atoms with Gasteiger partial charge in [0, 0.05) is 29.2 Å². The first-order valence-electron chi connectivity index (χ1n) is 10.1. The van der Waals surface area contributed by atoms with Crippen LogP contribution in [0.3, 0.4) is 0 Å². The van der Waals surface area contributed by atoms with E-state index < -0.39 is 12.0 Å². The van der Waals surface area contributed by atoms with E-state index in [4.69, 9.17) is 21.1 Å². The molecule has 0 bridgehead atoms. The van der Waals surface area contributed by atoms with Crippen LogP contribution in [0, 0.1) is 6.92 Å². The third kappa shape index (κ3) is 5.30. The predicted molar refractivity (Wildman–Crippen MR) is 129 cm³/mol. The second-order valence-corrected chi connectivity index (χ2v) is 8.47. The zero-order valence-corrected chi connectivity index (χ0v) is 19.8. The SMILES string of the molecule is COc1ccccc1-c1cc(C)ncc1C(=O)Nc1nnc(O[C@@H](CO)c2ccc(Cl)cn2)s1. The van der Waals surface area contributed by atoms with E-state index in [2.05, 4.69) is 25.5 Å². The first-order valence-corrected chi connectivity index (χ1v) is 11.3. The number of benzene rings is 1. The van der Waals surface area contributed by atoms with Crippen LogP contribution in [0.4, 0.5) is 5.13 Å². The fourth-order valence-corrected chi connectivity index (χ4v) is 3.94. The topological polar surface area (TPSA) is 119 Å². The van der Waals surface area contributed by atoms with Gasteiger partial charge in [-0.05, 0) is 42.5 Å². The molecule has 0 saturated heterocycles. The number of methoxy groups -OCH3 is 1. The number of para-hydroxylation sites is 1. The van der Waals surface area contributed by atoms with Crippen LogP contribution in [0.1, 0.15) is 27.8 Å². The maximum Gasteiger partial charge on any atom is 0.296 e. The van der Waals surface area contributed by atoms with E-state index >= 15 is 0 Å². The Morgan fingerprint density at radius 1 is 1.15 bits per heavy atom. The lowest BCUT2D eigenvalue weighted by atomic mass is 9.99. The Kier molecular flexibility index (Phi) is 7.31. The minimum absolute atomic E-state index is 0.165. The van der Waals surface area contributed by atoms with Crippen molar-refractivity contribution in [3.8, 4) is 22.1 Å². The zero-order chi connectivity index (χ0) is 24.1. The number of hydrogen-bond donors (Lipinski definition) is 2. The molecule has 3 aromatic heterocycles. The second kappa shape index (κ2) is 10.6. The number of carbonyl (C=O) groups is 1. The summed E-state index contributed by atoms with van der Waals surface area (Å²) in [7, 11) is 1.58. The summed E-state index contributed by atoms with van der Waals surface area (Å²) >= 11 is 6.88. The number of pyridine rings is 2. The Balaban J connectivity index is 1.54. The fraction of sp³-hybridized carbons (Fsp3) is 0.174. The first-order chi connectivity index (χ1) is 16.5. The van der Waals surface area contributed by atoms with Crippen molar-refractivity contribution in [3.63, 3.8) is 0 Å². The molecule has 0 aliphatic carbocycles. The third-order valence-corrected chi connectivity index (χ3v) is 5.75. The highest BCUT2D eigenvalue weighted by Crippen LogP contribution is 2.33. The molecule has 34 heavy (non-hydrogen) atoms. The van der Waals surface area contributed by atoms with Gasteiger partial charge < -0.3 is 14.6 Å². The van der Waals surface area contributed by atoms with Crippen LogP contribution in [0.5, 0.6) is 10.9 Å². The van der Waals surface area contributed by atoms with Crippen molar-refractivity contribution >= 4 is 34.0 Å². The molecule has 4 rings (SSSR count). The van der Waals surface area contributed by atoms with Gasteiger partial charge in [0.15, 0.2) is 6.10 Å². The quantitative estimate of drug-likeness (QED) is 0.369. The highest BCUT2D eigenvalue weighted by molar-refractivity contribution is 7.17. The predicted octanol–water partition coefficient (Wildman–Crippen LogP) is 4.33. The van der Waals surface area contributed by atoms with Gasteiger partial charge in [-0.3, -0.25) is 20.1 Å². The average molecular weight is 498 g/mol. The first kappa shape index (κ1) is 23.6. The van der Waals surface area contributed by atoms with Crippen molar-refractivity contribution in [2.45, 2.75) is 13.0 Å². The molecule has 0 spiro atoms. The maximum absolute atomic E-state index is 13.1. The van der Waals surface area contributed by atoms with Crippen LogP contribution < -0.4 is 14.8 Å². The molecule has 174 valence electrons. The maximum atomic E-state index is 13.1. The van der Waals surface area contributed by atoms with Crippen molar-refractivity contribution in [1.29, 1.82) is 0 Å². The highest BCUT2D eigenvalue weighted by atomic mass is 35.5. The van der Waals surface area contributed by atoms with Crippen molar-refractivity contribution in [2.75, 3.05) is 19.0 Å². The van der Waals surface area contributed by atoms with Gasteiger partial charge in [-0.25, -0.2) is 0 Å². The Hall–Kier alpha value is -3.60. The summed E-state index contributed by atoms with van der Waals surface area (Å²) in [5.74, 6) is 0.230. The van der Waals surface area contributed by atoms with E-state index in [1.165, 1.54) is 12.4 Å². The number of rotatable bonds is 8. The van der Waals surface area contributed by atoms with Crippen LogP contribution in [0.15, 0.2) is 54.9 Å². The molecule has 1 amide bonds. The minimum atomic E-state index is -0.757. The number of hydrogen-bond acceptors (Lipinski definition) is 9. The molecule has 9 nitrogen and oxygen atoms in total. The van der Waals surface area contributed by atoms with Crippen LogP contribution >= 0.6 is 22.9 Å². The number of carbonyl (C=O) groups excluding carboxylic acids is 1. The fourth-order valence-electron chi connectivity index (χ4n) is 3.19. The lowest BCUT2D eigenvalue weighted by molar-refractivity contribution is 0.102. The Bertz CT molecular complexity index is 1300. The summed E-state index contributed by atoms with van der Waals surface area (Å²) in [6, 6.07) is 12.6. The number of ether oxygens (including phenoxy) is 2. The summed E-state index contributed by atoms with van der Waals surface area (Å²) in [6.07, 6.45) is 2.22. The van der Waals surface area contributed by atoms with E-state index in [0.29, 0.717) is 27.6 Å². The van der Waals surface area contributed by atoms with E-state index in [1.54, 1.807) is 19.2 Å². The highest BCUT2D eigenvalue weighted by Gasteiger charge is 2.20. The summed E-state index contributed by atoms with van der Waals surface area (Å²) in [6.45, 7) is 1.52. The monoisotopic (exact) mass is 497 g/mol. The molecule has 0 aliphatic rings. The number of aliphatic hydroxyl groups excluding tert-OH is 1. The molecule has 0 fully saturated rings. The number of anilines is 1. The summed E-state index contributed by atoms with van der Waals surface area (Å²) < 4.78 is 11.2. The van der Waals surface area contributed by atoms with Crippen LogP contribution in [0.25, 0.3) is 11.1 Å². The molecular formula is C23H20ClN5O4S. The smallest absolute Gasteiger partial charge is 0.296 e. The Morgan fingerprint density at radius 3 is 2.71 bits per heavy atom. The van der Waals surface area contributed by atoms with Crippen LogP contribution in [-0.2, 0) is 0 Å². The molecule has 0 unspecified atom stereocenters. The minimum Gasteiger partial charge on any atom is -0.496 e. The zero-order valence-electron chi connectivity index (χ0n) is 18.2. The van der Waals surface area contributed by atoms with Gasteiger partial charge >= 0.3 is 0 Å². The van der Waals surface area contributed by atoms with E-state index in [0.717, 1.165) is 22.6 Å². The number of halogens is 1. The van der Waals surface area contributed by atoms with Crippen molar-refractivity contribution < 1.29 is 19.4 Å². The standard InChI is InChI=1S/C23H20ClN5O4S/c1-13-9-16(15-5-3-4-6-19(15)32-2)17(11-25-13)21(31)27-22-28-29-23(34-22)33-20(12-30)18-8-7-14(24)10-26-18/h3-11,20,30H,12H2,1-2H3,(H,27,28,31)/t20-/m0/s1. The third-order valence-electron chi connectivity index (χ3n) is 4.80. The molecule has 4 aromatic rings. The molecule has 1 aromatic carbocycles. The molecule has 0 aliphatic heterocycles. The number of aryl methyl sites for hydroxylation is 1. The van der Waals surface area contributed by atoms with Gasteiger partial charge in [0.1, 0.15) is 5.75 Å². The van der Waals surface area contributed by atoms with Gasteiger partial charge in [-0.1, -0.05) is 34.9 Å². The van der Waals surface area contributed by atoms with E-state index in [1.807, 2.05) is 37.3 Å². The lowest BCUT2D eigenvalue weighted by Crippen LogP contribution is -2.14.